The molecule has 0 aliphatic rings. The summed E-state index contributed by atoms with van der Waals surface area (Å²) in [7, 11) is 2.52. The minimum Gasteiger partial charge on any atom is -0.508 e. The van der Waals surface area contributed by atoms with Gasteiger partial charge in [0.05, 0.1) is 26.2 Å². The summed E-state index contributed by atoms with van der Waals surface area (Å²) in [5.41, 5.74) is 0.633. The van der Waals surface area contributed by atoms with Crippen molar-refractivity contribution in [2.45, 2.75) is 6.42 Å². The van der Waals surface area contributed by atoms with Crippen molar-refractivity contribution in [3.63, 3.8) is 0 Å². The molecule has 0 radical (unpaired) electrons. The van der Waals surface area contributed by atoms with E-state index in [0.717, 1.165) is 0 Å². The van der Waals surface area contributed by atoms with Crippen LogP contribution >= 0.6 is 0 Å². The van der Waals surface area contributed by atoms with E-state index in [4.69, 9.17) is 0 Å². The van der Waals surface area contributed by atoms with Crippen molar-refractivity contribution in [3.8, 4) is 5.75 Å². The highest BCUT2D eigenvalue weighted by atomic mass is 16.5. The van der Waals surface area contributed by atoms with E-state index in [-0.39, 0.29) is 17.7 Å². The highest BCUT2D eigenvalue weighted by molar-refractivity contribution is 5.90. The summed E-state index contributed by atoms with van der Waals surface area (Å²) in [6.07, 6.45) is -0.0379. The number of benzene rings is 1. The fourth-order valence-electron chi connectivity index (χ4n) is 1.19. The van der Waals surface area contributed by atoms with E-state index < -0.39 is 11.9 Å². The maximum atomic E-state index is 11.1. The standard InChI is InChI=1S/C11H12O5/c1-15-10(13)6-7-3-4-8(5-9(7)12)11(14)16-2/h3-5,12H,6H2,1-2H3. The quantitative estimate of drug-likeness (QED) is 0.772. The Morgan fingerprint density at radius 2 is 1.94 bits per heavy atom. The molecule has 0 aliphatic heterocycles. The van der Waals surface area contributed by atoms with Crippen LogP contribution in [0.3, 0.4) is 0 Å². The second-order valence-corrected chi connectivity index (χ2v) is 3.09. The summed E-state index contributed by atoms with van der Waals surface area (Å²) in [6, 6.07) is 4.21. The van der Waals surface area contributed by atoms with Crippen LogP contribution in [-0.4, -0.2) is 31.3 Å². The molecule has 0 saturated carbocycles. The third kappa shape index (κ3) is 2.73. The van der Waals surface area contributed by atoms with Gasteiger partial charge in [0.25, 0.3) is 0 Å². The van der Waals surface area contributed by atoms with Crippen LogP contribution in [0.5, 0.6) is 5.75 Å². The Kier molecular flexibility index (Phi) is 3.88. The number of ether oxygens (including phenoxy) is 2. The van der Waals surface area contributed by atoms with Gasteiger partial charge in [0.1, 0.15) is 5.75 Å². The Hall–Kier alpha value is -2.04. The second kappa shape index (κ2) is 5.16. The number of methoxy groups -OCH3 is 2. The molecule has 86 valence electrons. The summed E-state index contributed by atoms with van der Waals surface area (Å²) >= 11 is 0. The van der Waals surface area contributed by atoms with E-state index in [9.17, 15) is 14.7 Å². The molecular formula is C11H12O5. The maximum absolute atomic E-state index is 11.1. The zero-order valence-corrected chi connectivity index (χ0v) is 9.02. The number of hydrogen-bond donors (Lipinski definition) is 1. The average molecular weight is 224 g/mol. The van der Waals surface area contributed by atoms with E-state index in [2.05, 4.69) is 9.47 Å². The number of carbonyl (C=O) groups is 2. The third-order valence-electron chi connectivity index (χ3n) is 2.07. The van der Waals surface area contributed by atoms with Crippen LogP contribution in [0, 0.1) is 0 Å². The van der Waals surface area contributed by atoms with E-state index in [1.165, 1.54) is 32.4 Å². The molecule has 0 aliphatic carbocycles. The molecule has 0 unspecified atom stereocenters. The molecule has 0 heterocycles. The lowest BCUT2D eigenvalue weighted by atomic mass is 10.1. The largest absolute Gasteiger partial charge is 0.508 e. The van der Waals surface area contributed by atoms with Gasteiger partial charge in [0.15, 0.2) is 0 Å². The molecule has 0 atom stereocenters. The SMILES string of the molecule is COC(=O)Cc1ccc(C(=O)OC)cc1O. The van der Waals surface area contributed by atoms with Gasteiger partial charge in [-0.15, -0.1) is 0 Å². The van der Waals surface area contributed by atoms with Crippen LogP contribution in [0.15, 0.2) is 18.2 Å². The lowest BCUT2D eigenvalue weighted by Crippen LogP contribution is -2.06. The van der Waals surface area contributed by atoms with Crippen molar-refractivity contribution in [2.75, 3.05) is 14.2 Å². The van der Waals surface area contributed by atoms with Gasteiger partial charge in [-0.2, -0.15) is 0 Å². The molecule has 1 aromatic carbocycles. The van der Waals surface area contributed by atoms with Crippen LogP contribution in [0.1, 0.15) is 15.9 Å². The molecule has 0 bridgehead atoms. The molecule has 0 fully saturated rings. The third-order valence-corrected chi connectivity index (χ3v) is 2.07. The highest BCUT2D eigenvalue weighted by Crippen LogP contribution is 2.20. The molecule has 1 rings (SSSR count). The van der Waals surface area contributed by atoms with Gasteiger partial charge in [0, 0.05) is 5.56 Å². The Morgan fingerprint density at radius 1 is 1.25 bits per heavy atom. The topological polar surface area (TPSA) is 72.8 Å². The van der Waals surface area contributed by atoms with Crippen molar-refractivity contribution < 1.29 is 24.2 Å². The number of phenols is 1. The van der Waals surface area contributed by atoms with Crippen molar-refractivity contribution in [1.82, 2.24) is 0 Å². The first-order chi connectivity index (χ1) is 7.58. The maximum Gasteiger partial charge on any atom is 0.337 e. The Bertz CT molecular complexity index is 411. The van der Waals surface area contributed by atoms with Crippen molar-refractivity contribution in [1.29, 1.82) is 0 Å². The number of esters is 2. The van der Waals surface area contributed by atoms with Crippen LogP contribution in [0.4, 0.5) is 0 Å². The monoisotopic (exact) mass is 224 g/mol. The lowest BCUT2D eigenvalue weighted by molar-refractivity contribution is -0.139. The van der Waals surface area contributed by atoms with Gasteiger partial charge in [-0.25, -0.2) is 4.79 Å². The first kappa shape index (κ1) is 12.0. The molecule has 1 N–H and O–H groups in total. The number of phenolic OH excluding ortho intramolecular Hbond substituents is 1. The van der Waals surface area contributed by atoms with Crippen LogP contribution in [0.2, 0.25) is 0 Å². The predicted octanol–water partition coefficient (Wildman–Crippen LogP) is 0.894. The molecule has 0 amide bonds. The van der Waals surface area contributed by atoms with Gasteiger partial charge in [-0.1, -0.05) is 6.07 Å². The molecule has 0 aromatic heterocycles. The van der Waals surface area contributed by atoms with E-state index >= 15 is 0 Å². The normalized spacial score (nSPS) is 9.62. The van der Waals surface area contributed by atoms with Crippen molar-refractivity contribution >= 4 is 11.9 Å². The molecule has 1 aromatic rings. The predicted molar refractivity (Wildman–Crippen MR) is 55.2 cm³/mol. The smallest absolute Gasteiger partial charge is 0.337 e. The zero-order valence-electron chi connectivity index (χ0n) is 9.02. The summed E-state index contributed by atoms with van der Waals surface area (Å²) in [6.45, 7) is 0. The van der Waals surface area contributed by atoms with Gasteiger partial charge < -0.3 is 14.6 Å². The van der Waals surface area contributed by atoms with Gasteiger partial charge in [-0.05, 0) is 12.1 Å². The molecule has 0 saturated heterocycles. The summed E-state index contributed by atoms with van der Waals surface area (Å²) in [5.74, 6) is -1.13. The van der Waals surface area contributed by atoms with Crippen molar-refractivity contribution in [2.24, 2.45) is 0 Å². The van der Waals surface area contributed by atoms with Gasteiger partial charge >= 0.3 is 11.9 Å². The second-order valence-electron chi connectivity index (χ2n) is 3.09. The van der Waals surface area contributed by atoms with Crippen molar-refractivity contribution in [3.05, 3.63) is 29.3 Å². The first-order valence-electron chi connectivity index (χ1n) is 4.55. The molecule has 5 nitrogen and oxygen atoms in total. The Labute approximate surface area is 92.6 Å². The fourth-order valence-corrected chi connectivity index (χ4v) is 1.19. The zero-order chi connectivity index (χ0) is 12.1. The lowest BCUT2D eigenvalue weighted by Gasteiger charge is -2.05. The number of hydrogen-bond acceptors (Lipinski definition) is 5. The molecule has 16 heavy (non-hydrogen) atoms. The van der Waals surface area contributed by atoms with E-state index in [0.29, 0.717) is 5.56 Å². The summed E-state index contributed by atoms with van der Waals surface area (Å²) in [4.78, 5) is 22.1. The summed E-state index contributed by atoms with van der Waals surface area (Å²) in [5, 5.41) is 9.56. The Morgan fingerprint density at radius 3 is 2.44 bits per heavy atom. The average Bonchev–Trinajstić information content (AvgIpc) is 2.30. The number of rotatable bonds is 3. The molecule has 0 spiro atoms. The Balaban J connectivity index is 2.91. The minimum atomic E-state index is -0.542. The fraction of sp³-hybridized carbons (Fsp3) is 0.273. The molecule has 5 heteroatoms. The highest BCUT2D eigenvalue weighted by Gasteiger charge is 2.11. The first-order valence-corrected chi connectivity index (χ1v) is 4.55. The van der Waals surface area contributed by atoms with E-state index in [1.807, 2.05) is 0 Å². The minimum absolute atomic E-state index is 0.0379. The van der Waals surface area contributed by atoms with Gasteiger partial charge in [-0.3, -0.25) is 4.79 Å². The number of carbonyl (C=O) groups excluding carboxylic acids is 2. The number of aromatic hydroxyl groups is 1. The van der Waals surface area contributed by atoms with Gasteiger partial charge in [0.2, 0.25) is 0 Å². The molecular weight excluding hydrogens is 212 g/mol. The summed E-state index contributed by atoms with van der Waals surface area (Å²) < 4.78 is 8.96. The van der Waals surface area contributed by atoms with Crippen LogP contribution in [-0.2, 0) is 20.7 Å². The van der Waals surface area contributed by atoms with E-state index in [1.54, 1.807) is 0 Å². The van der Waals surface area contributed by atoms with Crippen LogP contribution < -0.4 is 0 Å². The van der Waals surface area contributed by atoms with Crippen LogP contribution in [0.25, 0.3) is 0 Å².